The monoisotopic (exact) mass is 403 g/mol. The van der Waals surface area contributed by atoms with Crippen LogP contribution in [0.2, 0.25) is 0 Å². The van der Waals surface area contributed by atoms with E-state index in [0.717, 1.165) is 54.2 Å². The molecule has 0 unspecified atom stereocenters. The molecular formula is C20H29N5O4. The van der Waals surface area contributed by atoms with Crippen LogP contribution in [-0.4, -0.2) is 64.3 Å². The van der Waals surface area contributed by atoms with Gasteiger partial charge in [-0.1, -0.05) is 0 Å². The Hall–Kier alpha value is -2.52. The Morgan fingerprint density at radius 3 is 2.52 bits per heavy atom. The van der Waals surface area contributed by atoms with Crippen LogP contribution < -0.4 is 16.6 Å². The van der Waals surface area contributed by atoms with Crippen LogP contribution in [0.3, 0.4) is 0 Å². The molecule has 0 radical (unpaired) electrons. The maximum atomic E-state index is 12.6. The van der Waals surface area contributed by atoms with E-state index in [1.165, 1.54) is 11.6 Å². The molecule has 1 N–H and O–H groups in total. The third-order valence-electron chi connectivity index (χ3n) is 5.63. The molecule has 1 aliphatic rings. The van der Waals surface area contributed by atoms with Crippen LogP contribution in [-0.2, 0) is 30.0 Å². The SMILES string of the molecule is Cc1nc2c(c(C)c1CCC(=O)NCCN1CCOCC1)c(=O)n(C)c(=O)n2C. The molecule has 3 heterocycles. The number of morpholine rings is 1. The van der Waals surface area contributed by atoms with E-state index in [-0.39, 0.29) is 11.5 Å². The van der Waals surface area contributed by atoms with Gasteiger partial charge in [0.2, 0.25) is 5.91 Å². The highest BCUT2D eigenvalue weighted by Crippen LogP contribution is 2.20. The summed E-state index contributed by atoms with van der Waals surface area (Å²) in [6, 6.07) is 0. The number of nitrogens with one attached hydrogen (secondary N) is 1. The number of amides is 1. The molecular weight excluding hydrogens is 374 g/mol. The van der Waals surface area contributed by atoms with E-state index < -0.39 is 5.69 Å². The first-order valence-electron chi connectivity index (χ1n) is 9.94. The molecule has 158 valence electrons. The van der Waals surface area contributed by atoms with Crippen LogP contribution in [0.1, 0.15) is 23.2 Å². The lowest BCUT2D eigenvalue weighted by molar-refractivity contribution is -0.121. The van der Waals surface area contributed by atoms with Crippen molar-refractivity contribution in [3.05, 3.63) is 37.7 Å². The molecule has 3 rings (SSSR count). The van der Waals surface area contributed by atoms with Gasteiger partial charge in [-0.05, 0) is 31.4 Å². The van der Waals surface area contributed by atoms with Crippen LogP contribution in [0.25, 0.3) is 11.0 Å². The predicted molar refractivity (Wildman–Crippen MR) is 110 cm³/mol. The van der Waals surface area contributed by atoms with E-state index in [2.05, 4.69) is 15.2 Å². The summed E-state index contributed by atoms with van der Waals surface area (Å²) in [5.74, 6) is -0.0227. The third kappa shape index (κ3) is 4.40. The van der Waals surface area contributed by atoms with Gasteiger partial charge in [0.05, 0.1) is 18.6 Å². The van der Waals surface area contributed by atoms with Gasteiger partial charge in [-0.2, -0.15) is 0 Å². The van der Waals surface area contributed by atoms with Crippen molar-refractivity contribution in [1.82, 2.24) is 24.3 Å². The second-order valence-electron chi connectivity index (χ2n) is 7.51. The minimum atomic E-state index is -0.402. The molecule has 1 fully saturated rings. The number of fused-ring (bicyclic) bond motifs is 1. The molecule has 0 saturated carbocycles. The van der Waals surface area contributed by atoms with E-state index >= 15 is 0 Å². The van der Waals surface area contributed by atoms with E-state index in [9.17, 15) is 14.4 Å². The average Bonchev–Trinajstić information content (AvgIpc) is 2.71. The number of rotatable bonds is 6. The predicted octanol–water partition coefficient (Wildman–Crippen LogP) is -0.370. The smallest absolute Gasteiger partial charge is 0.332 e. The largest absolute Gasteiger partial charge is 0.379 e. The maximum absolute atomic E-state index is 12.6. The summed E-state index contributed by atoms with van der Waals surface area (Å²) < 4.78 is 7.80. The first-order valence-corrected chi connectivity index (χ1v) is 9.94. The van der Waals surface area contributed by atoms with Gasteiger partial charge in [0.25, 0.3) is 5.56 Å². The van der Waals surface area contributed by atoms with E-state index in [4.69, 9.17) is 4.74 Å². The van der Waals surface area contributed by atoms with Gasteiger partial charge in [0.15, 0.2) is 0 Å². The fourth-order valence-electron chi connectivity index (χ4n) is 3.81. The van der Waals surface area contributed by atoms with Crippen LogP contribution in [0, 0.1) is 13.8 Å². The Bertz CT molecular complexity index is 1030. The molecule has 0 bridgehead atoms. The zero-order chi connectivity index (χ0) is 21.1. The van der Waals surface area contributed by atoms with E-state index in [1.807, 2.05) is 13.8 Å². The molecule has 29 heavy (non-hydrogen) atoms. The Morgan fingerprint density at radius 1 is 1.14 bits per heavy atom. The summed E-state index contributed by atoms with van der Waals surface area (Å²) in [4.78, 5) is 43.8. The van der Waals surface area contributed by atoms with Crippen molar-refractivity contribution in [2.45, 2.75) is 26.7 Å². The second-order valence-corrected chi connectivity index (χ2v) is 7.51. The molecule has 1 amide bonds. The third-order valence-corrected chi connectivity index (χ3v) is 5.63. The Labute approximate surface area is 169 Å². The zero-order valence-electron chi connectivity index (χ0n) is 17.6. The number of hydrogen-bond donors (Lipinski definition) is 1. The molecule has 9 nitrogen and oxygen atoms in total. The van der Waals surface area contributed by atoms with E-state index in [1.54, 1.807) is 7.05 Å². The van der Waals surface area contributed by atoms with Crippen LogP contribution in [0.5, 0.6) is 0 Å². The summed E-state index contributed by atoms with van der Waals surface area (Å²) >= 11 is 0. The van der Waals surface area contributed by atoms with Gasteiger partial charge in [0, 0.05) is 52.4 Å². The fourth-order valence-corrected chi connectivity index (χ4v) is 3.81. The quantitative estimate of drug-likeness (QED) is 0.707. The lowest BCUT2D eigenvalue weighted by Gasteiger charge is -2.26. The normalized spacial score (nSPS) is 15.0. The number of ether oxygens (including phenoxy) is 1. The van der Waals surface area contributed by atoms with Gasteiger partial charge in [-0.15, -0.1) is 0 Å². The summed E-state index contributed by atoms with van der Waals surface area (Å²) in [5.41, 5.74) is 2.03. The molecule has 1 aliphatic heterocycles. The van der Waals surface area contributed by atoms with Gasteiger partial charge < -0.3 is 10.1 Å². The molecule has 2 aromatic rings. The summed E-state index contributed by atoms with van der Waals surface area (Å²) in [5, 5.41) is 3.39. The Morgan fingerprint density at radius 2 is 1.83 bits per heavy atom. The van der Waals surface area contributed by atoms with Crippen molar-refractivity contribution in [2.75, 3.05) is 39.4 Å². The van der Waals surface area contributed by atoms with Crippen molar-refractivity contribution in [3.63, 3.8) is 0 Å². The van der Waals surface area contributed by atoms with Crippen LogP contribution in [0.4, 0.5) is 0 Å². The fraction of sp³-hybridized carbons (Fsp3) is 0.600. The molecule has 0 aliphatic carbocycles. The number of aromatic nitrogens is 3. The average molecular weight is 403 g/mol. The number of carbonyl (C=O) groups excluding carboxylic acids is 1. The minimum Gasteiger partial charge on any atom is -0.379 e. The lowest BCUT2D eigenvalue weighted by atomic mass is 10.00. The topological polar surface area (TPSA) is 98.5 Å². The molecule has 0 aromatic carbocycles. The maximum Gasteiger partial charge on any atom is 0.332 e. The Kier molecular flexibility index (Phi) is 6.49. The number of pyridine rings is 1. The number of carbonyl (C=O) groups is 1. The standard InChI is InChI=1S/C20H29N5O4/c1-13-15(5-6-16(26)21-7-8-25-9-11-29-12-10-25)14(2)22-18-17(13)19(27)24(4)20(28)23(18)3/h5-12H2,1-4H3,(H,21,26). The molecule has 9 heteroatoms. The molecule has 0 spiro atoms. The highest BCUT2D eigenvalue weighted by atomic mass is 16.5. The first kappa shape index (κ1) is 21.2. The lowest BCUT2D eigenvalue weighted by Crippen LogP contribution is -2.41. The van der Waals surface area contributed by atoms with Crippen LogP contribution >= 0.6 is 0 Å². The van der Waals surface area contributed by atoms with Crippen LogP contribution in [0.15, 0.2) is 9.59 Å². The van der Waals surface area contributed by atoms with Gasteiger partial charge in [0.1, 0.15) is 5.65 Å². The zero-order valence-corrected chi connectivity index (χ0v) is 17.6. The van der Waals surface area contributed by atoms with Crippen molar-refractivity contribution in [3.8, 4) is 0 Å². The van der Waals surface area contributed by atoms with Crippen molar-refractivity contribution in [2.24, 2.45) is 14.1 Å². The number of aryl methyl sites for hydroxylation is 3. The summed E-state index contributed by atoms with van der Waals surface area (Å²) in [7, 11) is 3.07. The molecule has 1 saturated heterocycles. The Balaban J connectivity index is 1.70. The highest BCUT2D eigenvalue weighted by molar-refractivity contribution is 5.80. The van der Waals surface area contributed by atoms with Crippen molar-refractivity contribution in [1.29, 1.82) is 0 Å². The molecule has 2 aromatic heterocycles. The molecule has 0 atom stereocenters. The van der Waals surface area contributed by atoms with Gasteiger partial charge in [-0.3, -0.25) is 23.6 Å². The highest BCUT2D eigenvalue weighted by Gasteiger charge is 2.17. The minimum absolute atomic E-state index is 0.0227. The second kappa shape index (κ2) is 8.87. The summed E-state index contributed by atoms with van der Waals surface area (Å²) in [6.45, 7) is 8.40. The van der Waals surface area contributed by atoms with Gasteiger partial charge >= 0.3 is 5.69 Å². The van der Waals surface area contributed by atoms with E-state index in [0.29, 0.717) is 30.4 Å². The van der Waals surface area contributed by atoms with Gasteiger partial charge in [-0.25, -0.2) is 9.78 Å². The van der Waals surface area contributed by atoms with Crippen molar-refractivity contribution >= 4 is 16.9 Å². The van der Waals surface area contributed by atoms with Crippen molar-refractivity contribution < 1.29 is 9.53 Å². The number of hydrogen-bond acceptors (Lipinski definition) is 6. The summed E-state index contributed by atoms with van der Waals surface area (Å²) in [6.07, 6.45) is 0.819. The first-order chi connectivity index (χ1) is 13.8. The number of nitrogens with zero attached hydrogens (tertiary/aromatic N) is 4.